The number of hydrogen-bond donors (Lipinski definition) is 1. The van der Waals surface area contributed by atoms with E-state index in [0.29, 0.717) is 5.92 Å². The summed E-state index contributed by atoms with van der Waals surface area (Å²) in [7, 11) is 1.70. The van der Waals surface area contributed by atoms with E-state index >= 15 is 0 Å². The first-order valence-corrected chi connectivity index (χ1v) is 6.97. The lowest BCUT2D eigenvalue weighted by Crippen LogP contribution is -2.26. The largest absolute Gasteiger partial charge is 0.495 e. The number of methoxy groups -OCH3 is 1. The number of benzene rings is 1. The summed E-state index contributed by atoms with van der Waals surface area (Å²) in [5.41, 5.74) is 1.22. The van der Waals surface area contributed by atoms with Crippen molar-refractivity contribution < 1.29 is 14.2 Å². The minimum absolute atomic E-state index is 0.284. The summed E-state index contributed by atoms with van der Waals surface area (Å²) in [5, 5.41) is 3.38. The molecule has 0 spiro atoms. The fraction of sp³-hybridized carbons (Fsp3) is 0.538. The third kappa shape index (κ3) is 1.95. The Balaban J connectivity index is 2.04. The van der Waals surface area contributed by atoms with Gasteiger partial charge in [0.2, 0.25) is 6.79 Å². The van der Waals surface area contributed by atoms with Crippen LogP contribution in [0.1, 0.15) is 24.3 Å². The molecule has 0 aliphatic carbocycles. The molecule has 0 bridgehead atoms. The van der Waals surface area contributed by atoms with Crippen LogP contribution in [0.15, 0.2) is 10.5 Å². The second-order valence-electron chi connectivity index (χ2n) is 4.57. The van der Waals surface area contributed by atoms with E-state index in [-0.39, 0.29) is 6.79 Å². The van der Waals surface area contributed by atoms with E-state index in [1.165, 1.54) is 5.56 Å². The van der Waals surface area contributed by atoms with Crippen molar-refractivity contribution in [2.24, 2.45) is 0 Å². The smallest absolute Gasteiger partial charge is 0.231 e. The number of fused-ring (bicyclic) bond motifs is 1. The van der Waals surface area contributed by atoms with Gasteiger partial charge in [-0.15, -0.1) is 0 Å². The first-order chi connectivity index (χ1) is 8.81. The van der Waals surface area contributed by atoms with Crippen molar-refractivity contribution >= 4 is 15.9 Å². The summed E-state index contributed by atoms with van der Waals surface area (Å²) in [6.45, 7) is 2.40. The lowest BCUT2D eigenvalue weighted by atomic mass is 9.89. The molecule has 2 aliphatic heterocycles. The predicted molar refractivity (Wildman–Crippen MR) is 71.7 cm³/mol. The van der Waals surface area contributed by atoms with Gasteiger partial charge >= 0.3 is 0 Å². The Hall–Kier alpha value is -0.940. The Bertz CT molecular complexity index is 458. The van der Waals surface area contributed by atoms with Crippen molar-refractivity contribution in [3.8, 4) is 17.2 Å². The Morgan fingerprint density at radius 2 is 2.11 bits per heavy atom. The van der Waals surface area contributed by atoms with Crippen LogP contribution in [0.4, 0.5) is 0 Å². The van der Waals surface area contributed by atoms with Crippen molar-refractivity contribution in [1.29, 1.82) is 0 Å². The SMILES string of the molecule is COc1c(C2CCNCC2)cc2c(c1Br)OCO2. The van der Waals surface area contributed by atoms with E-state index in [2.05, 4.69) is 27.3 Å². The zero-order valence-electron chi connectivity index (χ0n) is 10.3. The highest BCUT2D eigenvalue weighted by Crippen LogP contribution is 2.49. The van der Waals surface area contributed by atoms with E-state index in [0.717, 1.165) is 47.7 Å². The molecule has 4 nitrogen and oxygen atoms in total. The van der Waals surface area contributed by atoms with Gasteiger partial charge in [0, 0.05) is 5.56 Å². The summed E-state index contributed by atoms with van der Waals surface area (Å²) in [4.78, 5) is 0. The Kier molecular flexibility index (Phi) is 3.35. The highest BCUT2D eigenvalue weighted by atomic mass is 79.9. The molecule has 98 valence electrons. The van der Waals surface area contributed by atoms with Crippen molar-refractivity contribution in [1.82, 2.24) is 5.32 Å². The van der Waals surface area contributed by atoms with Crippen LogP contribution >= 0.6 is 15.9 Å². The molecule has 2 aliphatic rings. The van der Waals surface area contributed by atoms with Gasteiger partial charge in [0.15, 0.2) is 11.5 Å². The maximum Gasteiger partial charge on any atom is 0.231 e. The first kappa shape index (κ1) is 12.1. The van der Waals surface area contributed by atoms with Gasteiger partial charge in [-0.2, -0.15) is 0 Å². The molecule has 18 heavy (non-hydrogen) atoms. The fourth-order valence-electron chi connectivity index (χ4n) is 2.65. The molecule has 1 N–H and O–H groups in total. The van der Waals surface area contributed by atoms with E-state index in [1.54, 1.807) is 7.11 Å². The van der Waals surface area contributed by atoms with Gasteiger partial charge in [-0.1, -0.05) is 0 Å². The Morgan fingerprint density at radius 3 is 2.83 bits per heavy atom. The van der Waals surface area contributed by atoms with E-state index < -0.39 is 0 Å². The molecule has 5 heteroatoms. The standard InChI is InChI=1S/C13H16BrNO3/c1-16-12-9(8-2-4-15-5-3-8)6-10-13(11(12)14)18-7-17-10/h6,8,15H,2-5,7H2,1H3. The normalized spacial score (nSPS) is 19.0. The maximum absolute atomic E-state index is 5.55. The molecule has 1 saturated heterocycles. The number of ether oxygens (including phenoxy) is 3. The lowest BCUT2D eigenvalue weighted by molar-refractivity contribution is 0.173. The van der Waals surface area contributed by atoms with Gasteiger partial charge in [-0.05, 0) is 53.8 Å². The third-order valence-corrected chi connectivity index (χ3v) is 4.29. The van der Waals surface area contributed by atoms with Crippen molar-refractivity contribution in [2.75, 3.05) is 27.0 Å². The van der Waals surface area contributed by atoms with Crippen LogP contribution in [0, 0.1) is 0 Å². The van der Waals surface area contributed by atoms with Crippen LogP contribution in [0.3, 0.4) is 0 Å². The zero-order valence-corrected chi connectivity index (χ0v) is 11.9. The molecule has 0 radical (unpaired) electrons. The fourth-order valence-corrected chi connectivity index (χ4v) is 3.35. The van der Waals surface area contributed by atoms with Crippen LogP contribution in [-0.4, -0.2) is 27.0 Å². The average Bonchev–Trinajstić information content (AvgIpc) is 2.88. The minimum Gasteiger partial charge on any atom is -0.495 e. The number of hydrogen-bond acceptors (Lipinski definition) is 4. The monoisotopic (exact) mass is 313 g/mol. The number of piperidine rings is 1. The van der Waals surface area contributed by atoms with Crippen LogP contribution < -0.4 is 19.5 Å². The molecule has 0 atom stereocenters. The topological polar surface area (TPSA) is 39.7 Å². The quantitative estimate of drug-likeness (QED) is 0.911. The van der Waals surface area contributed by atoms with Crippen LogP contribution in [-0.2, 0) is 0 Å². The second-order valence-corrected chi connectivity index (χ2v) is 5.36. The Morgan fingerprint density at radius 1 is 1.33 bits per heavy atom. The first-order valence-electron chi connectivity index (χ1n) is 6.18. The van der Waals surface area contributed by atoms with Gasteiger partial charge < -0.3 is 19.5 Å². The van der Waals surface area contributed by atoms with Gasteiger partial charge in [0.1, 0.15) is 10.2 Å². The zero-order chi connectivity index (χ0) is 12.5. The number of rotatable bonds is 2. The summed E-state index contributed by atoms with van der Waals surface area (Å²) in [5.74, 6) is 2.97. The van der Waals surface area contributed by atoms with E-state index in [4.69, 9.17) is 14.2 Å². The molecule has 3 rings (SSSR count). The minimum atomic E-state index is 0.284. The molecule has 0 unspecified atom stereocenters. The van der Waals surface area contributed by atoms with Gasteiger partial charge in [-0.25, -0.2) is 0 Å². The van der Waals surface area contributed by atoms with Gasteiger partial charge in [0.05, 0.1) is 7.11 Å². The molecule has 0 amide bonds. The van der Waals surface area contributed by atoms with Crippen molar-refractivity contribution in [3.63, 3.8) is 0 Å². The maximum atomic E-state index is 5.55. The molecule has 0 aromatic heterocycles. The average molecular weight is 314 g/mol. The van der Waals surface area contributed by atoms with Crippen LogP contribution in [0.5, 0.6) is 17.2 Å². The molecule has 1 aromatic rings. The highest BCUT2D eigenvalue weighted by Gasteiger charge is 2.27. The lowest BCUT2D eigenvalue weighted by Gasteiger charge is -2.25. The molecule has 1 fully saturated rings. The highest BCUT2D eigenvalue weighted by molar-refractivity contribution is 9.10. The van der Waals surface area contributed by atoms with E-state index in [9.17, 15) is 0 Å². The Labute approximate surface area is 115 Å². The van der Waals surface area contributed by atoms with E-state index in [1.807, 2.05) is 0 Å². The summed E-state index contributed by atoms with van der Waals surface area (Å²) in [6.07, 6.45) is 2.25. The van der Waals surface area contributed by atoms with Crippen molar-refractivity contribution in [2.45, 2.75) is 18.8 Å². The summed E-state index contributed by atoms with van der Waals surface area (Å²) in [6, 6.07) is 2.07. The summed E-state index contributed by atoms with van der Waals surface area (Å²) >= 11 is 3.56. The van der Waals surface area contributed by atoms with Gasteiger partial charge in [-0.3, -0.25) is 0 Å². The number of halogens is 1. The summed E-state index contributed by atoms with van der Waals surface area (Å²) < 4.78 is 17.4. The number of nitrogens with one attached hydrogen (secondary N) is 1. The van der Waals surface area contributed by atoms with Gasteiger partial charge in [0.25, 0.3) is 0 Å². The molecule has 1 aromatic carbocycles. The second kappa shape index (κ2) is 4.97. The molecule has 2 heterocycles. The third-order valence-electron chi connectivity index (χ3n) is 3.57. The predicted octanol–water partition coefficient (Wildman–Crippen LogP) is 2.65. The molecular weight excluding hydrogens is 298 g/mol. The molecule has 0 saturated carbocycles. The van der Waals surface area contributed by atoms with Crippen LogP contribution in [0.2, 0.25) is 0 Å². The molecular formula is C13H16BrNO3. The van der Waals surface area contributed by atoms with Crippen LogP contribution in [0.25, 0.3) is 0 Å². The van der Waals surface area contributed by atoms with Crippen molar-refractivity contribution in [3.05, 3.63) is 16.1 Å².